The zero-order valence-electron chi connectivity index (χ0n) is 15.4. The summed E-state index contributed by atoms with van der Waals surface area (Å²) in [4.78, 5) is 0. The number of hydrogen-bond acceptors (Lipinski definition) is 3. The van der Waals surface area contributed by atoms with Crippen LogP contribution in [0.5, 0.6) is 0 Å². The second kappa shape index (κ2) is 8.78. The minimum absolute atomic E-state index is 0.0131. The Labute approximate surface area is 142 Å². The van der Waals surface area contributed by atoms with Gasteiger partial charge in [-0.3, -0.25) is 0 Å². The standard InChI is InChI=1S/C19H32O3Si/c1-19(2,3)23(5,6)22-18(11-8-12-20)14-16-9-7-10-17(13-16)15-21-4/h7-11,13,18,20H,12,14-15H2,1-6H3/b11-8+/t18-/m1/s1. The molecule has 0 aliphatic carbocycles. The molecular formula is C19H32O3Si. The first-order valence-electron chi connectivity index (χ1n) is 8.21. The third-order valence-electron chi connectivity index (χ3n) is 4.45. The lowest BCUT2D eigenvalue weighted by molar-refractivity contribution is 0.184. The third-order valence-corrected chi connectivity index (χ3v) is 8.95. The van der Waals surface area contributed by atoms with E-state index in [0.29, 0.717) is 6.61 Å². The first-order chi connectivity index (χ1) is 10.7. The Bertz CT molecular complexity index is 504. The molecule has 0 heterocycles. The summed E-state index contributed by atoms with van der Waals surface area (Å²) in [5, 5.41) is 9.27. The molecule has 0 spiro atoms. The molecule has 3 nitrogen and oxygen atoms in total. The Morgan fingerprint density at radius 2 is 1.87 bits per heavy atom. The Kier molecular flexibility index (Phi) is 7.68. The molecule has 23 heavy (non-hydrogen) atoms. The highest BCUT2D eigenvalue weighted by Crippen LogP contribution is 2.37. The van der Waals surface area contributed by atoms with Gasteiger partial charge in [-0.25, -0.2) is 0 Å². The van der Waals surface area contributed by atoms with E-state index >= 15 is 0 Å². The molecule has 4 heteroatoms. The molecular weight excluding hydrogens is 304 g/mol. The van der Waals surface area contributed by atoms with Gasteiger partial charge >= 0.3 is 0 Å². The molecule has 1 aromatic carbocycles. The monoisotopic (exact) mass is 336 g/mol. The van der Waals surface area contributed by atoms with E-state index in [9.17, 15) is 0 Å². The zero-order valence-corrected chi connectivity index (χ0v) is 16.4. The van der Waals surface area contributed by atoms with Crippen molar-refractivity contribution in [1.29, 1.82) is 0 Å². The minimum Gasteiger partial charge on any atom is -0.410 e. The van der Waals surface area contributed by atoms with E-state index in [1.807, 2.05) is 6.08 Å². The van der Waals surface area contributed by atoms with E-state index in [4.69, 9.17) is 14.3 Å². The van der Waals surface area contributed by atoms with Crippen molar-refractivity contribution in [3.05, 3.63) is 47.5 Å². The lowest BCUT2D eigenvalue weighted by atomic mass is 10.0. The fourth-order valence-electron chi connectivity index (χ4n) is 2.16. The molecule has 0 radical (unpaired) electrons. The van der Waals surface area contributed by atoms with Gasteiger partial charge in [-0.1, -0.05) is 57.2 Å². The molecule has 0 amide bonds. The summed E-state index contributed by atoms with van der Waals surface area (Å²) >= 11 is 0. The molecule has 0 aliphatic heterocycles. The molecule has 0 saturated heterocycles. The van der Waals surface area contributed by atoms with Crippen molar-refractivity contribution in [3.63, 3.8) is 0 Å². The van der Waals surface area contributed by atoms with Crippen LogP contribution in [-0.4, -0.2) is 33.2 Å². The zero-order chi connectivity index (χ0) is 17.5. The van der Waals surface area contributed by atoms with Crippen molar-refractivity contribution in [2.45, 2.75) is 58.0 Å². The topological polar surface area (TPSA) is 38.7 Å². The first-order valence-corrected chi connectivity index (χ1v) is 11.1. The van der Waals surface area contributed by atoms with Gasteiger partial charge in [0.1, 0.15) is 0 Å². The van der Waals surface area contributed by atoms with Crippen LogP contribution < -0.4 is 0 Å². The van der Waals surface area contributed by atoms with E-state index in [0.717, 1.165) is 6.42 Å². The predicted molar refractivity (Wildman–Crippen MR) is 99.2 cm³/mol. The minimum atomic E-state index is -1.86. The summed E-state index contributed by atoms with van der Waals surface area (Å²) in [5.41, 5.74) is 2.40. The molecule has 1 atom stereocenters. The number of ether oxygens (including phenoxy) is 1. The van der Waals surface area contributed by atoms with E-state index in [1.165, 1.54) is 11.1 Å². The van der Waals surface area contributed by atoms with Crippen molar-refractivity contribution in [2.75, 3.05) is 13.7 Å². The summed E-state index contributed by atoms with van der Waals surface area (Å²) in [6, 6.07) is 8.41. The van der Waals surface area contributed by atoms with Crippen LogP contribution in [0.2, 0.25) is 18.1 Å². The van der Waals surface area contributed by atoms with Gasteiger partial charge < -0.3 is 14.3 Å². The lowest BCUT2D eigenvalue weighted by Crippen LogP contribution is -2.44. The van der Waals surface area contributed by atoms with Gasteiger partial charge in [0.05, 0.1) is 19.3 Å². The average Bonchev–Trinajstić information content (AvgIpc) is 2.44. The molecule has 1 aromatic rings. The molecule has 0 aromatic heterocycles. The van der Waals surface area contributed by atoms with E-state index in [2.05, 4.69) is 58.1 Å². The summed E-state index contributed by atoms with van der Waals surface area (Å²) < 4.78 is 11.7. The maximum Gasteiger partial charge on any atom is 0.192 e. The van der Waals surface area contributed by atoms with Crippen molar-refractivity contribution in [1.82, 2.24) is 0 Å². The van der Waals surface area contributed by atoms with Gasteiger partial charge in [0.2, 0.25) is 0 Å². The second-order valence-corrected chi connectivity index (χ2v) is 12.2. The lowest BCUT2D eigenvalue weighted by Gasteiger charge is -2.38. The van der Waals surface area contributed by atoms with Crippen LogP contribution >= 0.6 is 0 Å². The summed E-state index contributed by atoms with van der Waals surface area (Å²) in [6.07, 6.45) is 4.56. The number of methoxy groups -OCH3 is 1. The average molecular weight is 337 g/mol. The predicted octanol–water partition coefficient (Wildman–Crippen LogP) is 4.31. The van der Waals surface area contributed by atoms with Crippen molar-refractivity contribution in [2.24, 2.45) is 0 Å². The van der Waals surface area contributed by atoms with Crippen LogP contribution in [0, 0.1) is 0 Å². The van der Waals surface area contributed by atoms with Gasteiger partial charge in [0, 0.05) is 13.5 Å². The fraction of sp³-hybridized carbons (Fsp3) is 0.579. The fourth-order valence-corrected chi connectivity index (χ4v) is 3.43. The van der Waals surface area contributed by atoms with Crippen LogP contribution in [0.3, 0.4) is 0 Å². The molecule has 0 unspecified atom stereocenters. The van der Waals surface area contributed by atoms with Crippen molar-refractivity contribution < 1.29 is 14.3 Å². The summed E-state index contributed by atoms with van der Waals surface area (Å²) in [5.74, 6) is 0. The Balaban J connectivity index is 2.91. The smallest absolute Gasteiger partial charge is 0.192 e. The van der Waals surface area contributed by atoms with Crippen molar-refractivity contribution in [3.8, 4) is 0 Å². The third kappa shape index (κ3) is 6.59. The number of hydrogen-bond donors (Lipinski definition) is 1. The normalized spacial score (nSPS) is 14.4. The Morgan fingerprint density at radius 1 is 1.22 bits per heavy atom. The van der Waals surface area contributed by atoms with E-state index < -0.39 is 8.32 Å². The molecule has 0 bridgehead atoms. The molecule has 0 fully saturated rings. The van der Waals surface area contributed by atoms with Crippen molar-refractivity contribution >= 4 is 8.32 Å². The van der Waals surface area contributed by atoms with Crippen LogP contribution in [0.25, 0.3) is 0 Å². The molecule has 1 rings (SSSR count). The van der Waals surface area contributed by atoms with Gasteiger partial charge in [0.25, 0.3) is 0 Å². The summed E-state index contributed by atoms with van der Waals surface area (Å²) in [6.45, 7) is 11.9. The summed E-state index contributed by atoms with van der Waals surface area (Å²) in [7, 11) is -0.150. The van der Waals surface area contributed by atoms with Crippen LogP contribution in [0.1, 0.15) is 31.9 Å². The quantitative estimate of drug-likeness (QED) is 0.568. The molecule has 130 valence electrons. The van der Waals surface area contributed by atoms with Gasteiger partial charge in [-0.2, -0.15) is 0 Å². The van der Waals surface area contributed by atoms with Crippen LogP contribution in [0.4, 0.5) is 0 Å². The molecule has 0 aliphatic rings. The van der Waals surface area contributed by atoms with Crippen LogP contribution in [-0.2, 0) is 22.2 Å². The highest BCUT2D eigenvalue weighted by molar-refractivity contribution is 6.74. The maximum atomic E-state index is 9.11. The molecule has 0 saturated carbocycles. The SMILES string of the molecule is COCc1cccc(C[C@@H](/C=C/CO)O[Si](C)(C)C(C)(C)C)c1. The van der Waals surface area contributed by atoms with E-state index in [1.54, 1.807) is 13.2 Å². The number of aliphatic hydroxyl groups excluding tert-OH is 1. The van der Waals surface area contributed by atoms with Gasteiger partial charge in [0.15, 0.2) is 8.32 Å². The Morgan fingerprint density at radius 3 is 2.43 bits per heavy atom. The number of benzene rings is 1. The van der Waals surface area contributed by atoms with E-state index in [-0.39, 0.29) is 17.7 Å². The largest absolute Gasteiger partial charge is 0.410 e. The van der Waals surface area contributed by atoms with Gasteiger partial charge in [-0.15, -0.1) is 0 Å². The first kappa shape index (κ1) is 20.1. The number of rotatable bonds is 8. The number of aliphatic hydroxyl groups is 1. The van der Waals surface area contributed by atoms with Gasteiger partial charge in [-0.05, 0) is 29.3 Å². The molecule has 1 N–H and O–H groups in total. The highest BCUT2D eigenvalue weighted by Gasteiger charge is 2.38. The maximum absolute atomic E-state index is 9.11. The van der Waals surface area contributed by atoms with Crippen LogP contribution in [0.15, 0.2) is 36.4 Å². The Hall–Kier alpha value is -0.943. The highest BCUT2D eigenvalue weighted by atomic mass is 28.4. The second-order valence-electron chi connectivity index (χ2n) is 7.48.